The van der Waals surface area contributed by atoms with Gasteiger partial charge in [-0.3, -0.25) is 0 Å². The van der Waals surface area contributed by atoms with Crippen molar-refractivity contribution in [1.82, 2.24) is 4.31 Å². The smallest absolute Gasteiger partial charge is 0.207 e. The highest BCUT2D eigenvalue weighted by Gasteiger charge is 2.34. The van der Waals surface area contributed by atoms with E-state index >= 15 is 0 Å². The van der Waals surface area contributed by atoms with Gasteiger partial charge < -0.3 is 0 Å². The Balaban J connectivity index is 1.97. The maximum Gasteiger partial charge on any atom is 0.243 e. The Bertz CT molecular complexity index is 770. The van der Waals surface area contributed by atoms with Crippen LogP contribution in [0, 0.1) is 12.7 Å². The molecule has 1 fully saturated rings. The van der Waals surface area contributed by atoms with Crippen LogP contribution >= 0.6 is 0 Å². The van der Waals surface area contributed by atoms with Crippen molar-refractivity contribution < 1.29 is 12.8 Å². The second-order valence-electron chi connectivity index (χ2n) is 5.99. The highest BCUT2D eigenvalue weighted by molar-refractivity contribution is 7.89. The zero-order valence-corrected chi connectivity index (χ0v) is 13.9. The van der Waals surface area contributed by atoms with Crippen LogP contribution in [0.25, 0.3) is 0 Å². The summed E-state index contributed by atoms with van der Waals surface area (Å²) in [6, 6.07) is 12.8. The predicted molar refractivity (Wildman–Crippen MR) is 88.1 cm³/mol. The molecule has 1 atom stereocenters. The summed E-state index contributed by atoms with van der Waals surface area (Å²) < 4.78 is 40.7. The van der Waals surface area contributed by atoms with Crippen molar-refractivity contribution in [2.75, 3.05) is 6.54 Å². The molecule has 2 aromatic rings. The average molecular weight is 333 g/mol. The summed E-state index contributed by atoms with van der Waals surface area (Å²) in [5.41, 5.74) is 1.87. The number of piperidine rings is 1. The van der Waals surface area contributed by atoms with Crippen LogP contribution in [0.2, 0.25) is 0 Å². The number of hydrogen-bond acceptors (Lipinski definition) is 2. The van der Waals surface area contributed by atoms with Gasteiger partial charge >= 0.3 is 0 Å². The van der Waals surface area contributed by atoms with E-state index in [1.165, 1.54) is 12.1 Å². The monoisotopic (exact) mass is 333 g/mol. The van der Waals surface area contributed by atoms with Gasteiger partial charge in [0.15, 0.2) is 0 Å². The fourth-order valence-corrected chi connectivity index (χ4v) is 4.74. The van der Waals surface area contributed by atoms with Gasteiger partial charge in [0.2, 0.25) is 10.0 Å². The summed E-state index contributed by atoms with van der Waals surface area (Å²) in [6.07, 6.45) is 2.58. The van der Waals surface area contributed by atoms with Gasteiger partial charge in [0.05, 0.1) is 10.9 Å². The number of benzene rings is 2. The van der Waals surface area contributed by atoms with Crippen molar-refractivity contribution in [2.24, 2.45) is 0 Å². The zero-order chi connectivity index (χ0) is 16.4. The zero-order valence-electron chi connectivity index (χ0n) is 13.1. The normalized spacial score (nSPS) is 19.7. The van der Waals surface area contributed by atoms with Crippen LogP contribution in [-0.4, -0.2) is 19.3 Å². The Kier molecular flexibility index (Phi) is 4.50. The van der Waals surface area contributed by atoms with Crippen molar-refractivity contribution in [1.29, 1.82) is 0 Å². The molecule has 1 aliphatic rings. The number of halogens is 1. The van der Waals surface area contributed by atoms with E-state index < -0.39 is 10.0 Å². The lowest BCUT2D eigenvalue weighted by Crippen LogP contribution is -2.38. The summed E-state index contributed by atoms with van der Waals surface area (Å²) in [4.78, 5) is 0.317. The number of aryl methyl sites for hydroxylation is 1. The molecule has 0 aliphatic carbocycles. The molecule has 0 N–H and O–H groups in total. The minimum atomic E-state index is -3.55. The largest absolute Gasteiger partial charge is 0.243 e. The first-order valence-corrected chi connectivity index (χ1v) is 9.26. The highest BCUT2D eigenvalue weighted by Crippen LogP contribution is 2.35. The van der Waals surface area contributed by atoms with Crippen LogP contribution in [0.3, 0.4) is 0 Å². The molecule has 0 aromatic heterocycles. The molecule has 5 heteroatoms. The fourth-order valence-electron chi connectivity index (χ4n) is 3.06. The Morgan fingerprint density at radius 3 is 2.30 bits per heavy atom. The first kappa shape index (κ1) is 16.1. The van der Waals surface area contributed by atoms with E-state index in [-0.39, 0.29) is 11.9 Å². The van der Waals surface area contributed by atoms with Crippen LogP contribution in [0.5, 0.6) is 0 Å². The second kappa shape index (κ2) is 6.42. The molecule has 0 saturated carbocycles. The first-order chi connectivity index (χ1) is 11.0. The molecule has 1 heterocycles. The predicted octanol–water partition coefficient (Wildman–Crippen LogP) is 4.05. The molecule has 3 rings (SSSR count). The molecule has 1 saturated heterocycles. The van der Waals surface area contributed by atoms with E-state index in [1.54, 1.807) is 28.6 Å². The molecule has 2 aromatic carbocycles. The van der Waals surface area contributed by atoms with E-state index in [0.29, 0.717) is 11.4 Å². The second-order valence-corrected chi connectivity index (χ2v) is 7.88. The summed E-state index contributed by atoms with van der Waals surface area (Å²) in [6.45, 7) is 2.43. The van der Waals surface area contributed by atoms with E-state index in [0.717, 1.165) is 30.4 Å². The molecule has 0 bridgehead atoms. The number of sulfonamides is 1. The summed E-state index contributed by atoms with van der Waals surface area (Å²) in [5.74, 6) is -0.308. The summed E-state index contributed by atoms with van der Waals surface area (Å²) >= 11 is 0. The van der Waals surface area contributed by atoms with Crippen LogP contribution in [0.4, 0.5) is 4.39 Å². The topological polar surface area (TPSA) is 37.4 Å². The van der Waals surface area contributed by atoms with Gasteiger partial charge in [0.1, 0.15) is 5.82 Å². The molecule has 1 aliphatic heterocycles. The van der Waals surface area contributed by atoms with Gasteiger partial charge in [-0.2, -0.15) is 4.31 Å². The Morgan fingerprint density at radius 2 is 1.65 bits per heavy atom. The maximum atomic E-state index is 13.2. The third kappa shape index (κ3) is 3.31. The van der Waals surface area contributed by atoms with E-state index in [1.807, 2.05) is 19.1 Å². The van der Waals surface area contributed by atoms with Crippen molar-refractivity contribution >= 4 is 10.0 Å². The minimum Gasteiger partial charge on any atom is -0.207 e. The molecule has 0 radical (unpaired) electrons. The highest BCUT2D eigenvalue weighted by atomic mass is 32.2. The molecule has 0 spiro atoms. The van der Waals surface area contributed by atoms with Gasteiger partial charge in [-0.25, -0.2) is 12.8 Å². The maximum absolute atomic E-state index is 13.2. The Morgan fingerprint density at radius 1 is 1.00 bits per heavy atom. The van der Waals surface area contributed by atoms with Crippen molar-refractivity contribution in [3.8, 4) is 0 Å². The van der Waals surface area contributed by atoms with Gasteiger partial charge in [-0.05, 0) is 49.6 Å². The number of rotatable bonds is 3. The Labute approximate surface area is 136 Å². The van der Waals surface area contributed by atoms with Crippen molar-refractivity contribution in [3.63, 3.8) is 0 Å². The first-order valence-electron chi connectivity index (χ1n) is 7.82. The fraction of sp³-hybridized carbons (Fsp3) is 0.333. The van der Waals surface area contributed by atoms with Crippen LogP contribution in [0.1, 0.15) is 36.4 Å². The van der Waals surface area contributed by atoms with E-state index in [2.05, 4.69) is 0 Å². The lowest BCUT2D eigenvalue weighted by molar-refractivity contribution is 0.256. The number of nitrogens with zero attached hydrogens (tertiary/aromatic N) is 1. The molecule has 23 heavy (non-hydrogen) atoms. The Hall–Kier alpha value is -1.72. The van der Waals surface area contributed by atoms with Gasteiger partial charge in [0.25, 0.3) is 0 Å². The third-order valence-electron chi connectivity index (χ3n) is 4.34. The van der Waals surface area contributed by atoms with Crippen molar-refractivity contribution in [3.05, 3.63) is 65.5 Å². The molecule has 122 valence electrons. The minimum absolute atomic E-state index is 0.226. The molecular formula is C18H20FNO2S. The molecule has 3 nitrogen and oxygen atoms in total. The van der Waals surface area contributed by atoms with Crippen LogP contribution in [-0.2, 0) is 10.0 Å². The quantitative estimate of drug-likeness (QED) is 0.850. The molecule has 1 unspecified atom stereocenters. The van der Waals surface area contributed by atoms with Gasteiger partial charge in [-0.1, -0.05) is 36.2 Å². The van der Waals surface area contributed by atoms with E-state index in [4.69, 9.17) is 0 Å². The molecular weight excluding hydrogens is 313 g/mol. The van der Waals surface area contributed by atoms with Crippen LogP contribution in [0.15, 0.2) is 53.4 Å². The third-order valence-corrected chi connectivity index (χ3v) is 6.26. The average Bonchev–Trinajstić information content (AvgIpc) is 2.56. The standard InChI is InChI=1S/C18H20FNO2S/c1-14-5-11-17(12-6-14)23(21,22)20-13-3-2-4-18(20)15-7-9-16(19)10-8-15/h5-12,18H,2-4,13H2,1H3. The number of hydrogen-bond donors (Lipinski definition) is 0. The van der Waals surface area contributed by atoms with E-state index in [9.17, 15) is 12.8 Å². The lowest BCUT2D eigenvalue weighted by Gasteiger charge is -2.35. The molecule has 0 amide bonds. The lowest BCUT2D eigenvalue weighted by atomic mass is 9.97. The summed E-state index contributed by atoms with van der Waals surface area (Å²) in [5, 5.41) is 0. The summed E-state index contributed by atoms with van der Waals surface area (Å²) in [7, 11) is -3.55. The SMILES string of the molecule is Cc1ccc(S(=O)(=O)N2CCCCC2c2ccc(F)cc2)cc1. The van der Waals surface area contributed by atoms with Crippen molar-refractivity contribution in [2.45, 2.75) is 37.1 Å². The van der Waals surface area contributed by atoms with Gasteiger partial charge in [0, 0.05) is 6.54 Å². The van der Waals surface area contributed by atoms with Crippen LogP contribution < -0.4 is 0 Å². The van der Waals surface area contributed by atoms with Gasteiger partial charge in [-0.15, -0.1) is 0 Å².